The molecule has 1 saturated carbocycles. The highest BCUT2D eigenvalue weighted by Gasteiger charge is 2.27. The molecule has 0 spiro atoms. The minimum atomic E-state index is -0.687. The number of pyridine rings is 1. The van der Waals surface area contributed by atoms with E-state index in [0.717, 1.165) is 12.8 Å². The molecule has 4 rings (SSSR count). The number of fused-ring (bicyclic) bond motifs is 1. The summed E-state index contributed by atoms with van der Waals surface area (Å²) in [6.07, 6.45) is 2.04. The average molecular weight is 435 g/mol. The molecular formula is C25H25NO6. The van der Waals surface area contributed by atoms with Crippen molar-refractivity contribution in [1.82, 2.24) is 4.98 Å². The monoisotopic (exact) mass is 435 g/mol. The Labute approximate surface area is 186 Å². The zero-order valence-electron chi connectivity index (χ0n) is 18.3. The van der Waals surface area contributed by atoms with E-state index >= 15 is 0 Å². The number of rotatable bonds is 6. The molecule has 0 bridgehead atoms. The standard InChI is InChI=1S/C25H25NO6/c1-29-22-12-15(13-23(30-2)24(22)31-3)19-14-17(16-8-4-5-9-18(16)26-19)25(28)32-21-11-7-6-10-20(21)27/h4-5,8-9,12-14,21H,6-7,10-11H2,1-3H3. The van der Waals surface area contributed by atoms with Crippen LogP contribution in [0, 0.1) is 0 Å². The lowest BCUT2D eigenvalue weighted by molar-refractivity contribution is -0.129. The number of ether oxygens (including phenoxy) is 4. The molecule has 0 radical (unpaired) electrons. The fraction of sp³-hybridized carbons (Fsp3) is 0.320. The fourth-order valence-corrected chi connectivity index (χ4v) is 3.99. The first kappa shape index (κ1) is 21.6. The van der Waals surface area contributed by atoms with Gasteiger partial charge in [0.25, 0.3) is 0 Å². The SMILES string of the molecule is COc1cc(-c2cc(C(=O)OC3CCCCC3=O)c3ccccc3n2)cc(OC)c1OC. The molecule has 1 aliphatic rings. The van der Waals surface area contributed by atoms with E-state index in [2.05, 4.69) is 0 Å². The molecule has 7 heteroatoms. The van der Waals surface area contributed by atoms with Gasteiger partial charge < -0.3 is 18.9 Å². The summed E-state index contributed by atoms with van der Waals surface area (Å²) in [6, 6.07) is 12.6. The molecule has 1 fully saturated rings. The van der Waals surface area contributed by atoms with Gasteiger partial charge in [0.2, 0.25) is 5.75 Å². The lowest BCUT2D eigenvalue weighted by Gasteiger charge is -2.21. The van der Waals surface area contributed by atoms with Crippen LogP contribution < -0.4 is 14.2 Å². The number of aromatic nitrogens is 1. The highest BCUT2D eigenvalue weighted by atomic mass is 16.5. The smallest absolute Gasteiger partial charge is 0.339 e. The van der Waals surface area contributed by atoms with Gasteiger partial charge in [-0.05, 0) is 43.5 Å². The quantitative estimate of drug-likeness (QED) is 0.523. The zero-order valence-corrected chi connectivity index (χ0v) is 18.3. The van der Waals surface area contributed by atoms with E-state index in [1.165, 1.54) is 7.11 Å². The van der Waals surface area contributed by atoms with Gasteiger partial charge in [-0.25, -0.2) is 9.78 Å². The Bertz CT molecular complexity index is 1150. The molecule has 0 aliphatic heterocycles. The van der Waals surface area contributed by atoms with E-state index < -0.39 is 12.1 Å². The van der Waals surface area contributed by atoms with Crippen molar-refractivity contribution < 1.29 is 28.5 Å². The number of hydrogen-bond acceptors (Lipinski definition) is 7. The summed E-state index contributed by atoms with van der Waals surface area (Å²) >= 11 is 0. The van der Waals surface area contributed by atoms with E-state index in [1.807, 2.05) is 24.3 Å². The van der Waals surface area contributed by atoms with Crippen LogP contribution in [-0.2, 0) is 9.53 Å². The minimum Gasteiger partial charge on any atom is -0.493 e. The third kappa shape index (κ3) is 4.10. The van der Waals surface area contributed by atoms with Crippen LogP contribution in [0.4, 0.5) is 0 Å². The first-order chi connectivity index (χ1) is 15.5. The van der Waals surface area contributed by atoms with Crippen molar-refractivity contribution in [3.63, 3.8) is 0 Å². The molecule has 32 heavy (non-hydrogen) atoms. The summed E-state index contributed by atoms with van der Waals surface area (Å²) in [6.45, 7) is 0. The number of Topliss-reactive ketones (excluding diaryl/α,β-unsaturated/α-hetero) is 1. The maximum absolute atomic E-state index is 13.1. The predicted molar refractivity (Wildman–Crippen MR) is 120 cm³/mol. The molecule has 3 aromatic rings. The van der Waals surface area contributed by atoms with Crippen LogP contribution >= 0.6 is 0 Å². The first-order valence-electron chi connectivity index (χ1n) is 10.5. The van der Waals surface area contributed by atoms with Gasteiger partial charge in [0.15, 0.2) is 23.4 Å². The summed E-state index contributed by atoms with van der Waals surface area (Å²) in [5, 5.41) is 0.664. The number of hydrogen-bond donors (Lipinski definition) is 0. The number of nitrogens with zero attached hydrogens (tertiary/aromatic N) is 1. The summed E-state index contributed by atoms with van der Waals surface area (Å²) in [7, 11) is 4.62. The molecule has 1 aliphatic carbocycles. The Morgan fingerprint density at radius 1 is 0.969 bits per heavy atom. The van der Waals surface area contributed by atoms with Crippen LogP contribution in [0.25, 0.3) is 22.2 Å². The van der Waals surface area contributed by atoms with Crippen LogP contribution in [0.1, 0.15) is 36.0 Å². The summed E-state index contributed by atoms with van der Waals surface area (Å²) in [4.78, 5) is 30.0. The Balaban J connectivity index is 1.81. The maximum atomic E-state index is 13.1. The lowest BCUT2D eigenvalue weighted by Crippen LogP contribution is -2.30. The van der Waals surface area contributed by atoms with Gasteiger partial charge in [-0.3, -0.25) is 4.79 Å². The van der Waals surface area contributed by atoms with E-state index in [9.17, 15) is 9.59 Å². The maximum Gasteiger partial charge on any atom is 0.339 e. The Kier molecular flexibility index (Phi) is 6.25. The van der Waals surface area contributed by atoms with Crippen LogP contribution in [-0.4, -0.2) is 44.2 Å². The molecule has 1 heterocycles. The van der Waals surface area contributed by atoms with Gasteiger partial charge in [0.05, 0.1) is 38.1 Å². The van der Waals surface area contributed by atoms with Crippen molar-refractivity contribution in [2.75, 3.05) is 21.3 Å². The number of benzene rings is 2. The third-order valence-electron chi connectivity index (χ3n) is 5.64. The molecular weight excluding hydrogens is 410 g/mol. The van der Waals surface area contributed by atoms with Crippen molar-refractivity contribution in [1.29, 1.82) is 0 Å². The summed E-state index contributed by atoms with van der Waals surface area (Å²) < 4.78 is 21.9. The van der Waals surface area contributed by atoms with E-state index in [1.54, 1.807) is 32.4 Å². The predicted octanol–water partition coefficient (Wildman–Crippen LogP) is 4.60. The molecule has 7 nitrogen and oxygen atoms in total. The third-order valence-corrected chi connectivity index (χ3v) is 5.64. The number of para-hydroxylation sites is 1. The molecule has 0 amide bonds. The topological polar surface area (TPSA) is 84.0 Å². The largest absolute Gasteiger partial charge is 0.493 e. The fourth-order valence-electron chi connectivity index (χ4n) is 3.99. The Morgan fingerprint density at radius 2 is 1.69 bits per heavy atom. The van der Waals surface area contributed by atoms with Crippen molar-refractivity contribution in [3.8, 4) is 28.5 Å². The minimum absolute atomic E-state index is 0.0205. The van der Waals surface area contributed by atoms with Gasteiger partial charge in [0, 0.05) is 17.4 Å². The van der Waals surface area contributed by atoms with Gasteiger partial charge in [-0.1, -0.05) is 18.2 Å². The lowest BCUT2D eigenvalue weighted by atomic mass is 9.96. The van der Waals surface area contributed by atoms with E-state index in [4.69, 9.17) is 23.9 Å². The van der Waals surface area contributed by atoms with Crippen molar-refractivity contribution in [3.05, 3.63) is 48.0 Å². The van der Waals surface area contributed by atoms with Gasteiger partial charge in [-0.2, -0.15) is 0 Å². The van der Waals surface area contributed by atoms with Crippen molar-refractivity contribution in [2.24, 2.45) is 0 Å². The van der Waals surface area contributed by atoms with Crippen LogP contribution in [0.15, 0.2) is 42.5 Å². The molecule has 1 atom stereocenters. The van der Waals surface area contributed by atoms with Gasteiger partial charge >= 0.3 is 5.97 Å². The van der Waals surface area contributed by atoms with Crippen molar-refractivity contribution >= 4 is 22.7 Å². The average Bonchev–Trinajstić information content (AvgIpc) is 2.83. The van der Waals surface area contributed by atoms with Crippen LogP contribution in [0.2, 0.25) is 0 Å². The molecule has 1 unspecified atom stereocenters. The second-order valence-corrected chi connectivity index (χ2v) is 7.59. The highest BCUT2D eigenvalue weighted by Crippen LogP contribution is 2.41. The van der Waals surface area contributed by atoms with E-state index in [0.29, 0.717) is 57.8 Å². The van der Waals surface area contributed by atoms with Gasteiger partial charge in [-0.15, -0.1) is 0 Å². The number of esters is 1. The number of carbonyl (C=O) groups excluding carboxylic acids is 2. The summed E-state index contributed by atoms with van der Waals surface area (Å²) in [5.41, 5.74) is 2.23. The van der Waals surface area contributed by atoms with Crippen LogP contribution in [0.3, 0.4) is 0 Å². The number of carbonyl (C=O) groups is 2. The second kappa shape index (κ2) is 9.26. The number of methoxy groups -OCH3 is 3. The van der Waals surface area contributed by atoms with Gasteiger partial charge in [0.1, 0.15) is 0 Å². The normalized spacial score (nSPS) is 16.0. The van der Waals surface area contributed by atoms with Crippen LogP contribution in [0.5, 0.6) is 17.2 Å². The molecule has 1 aromatic heterocycles. The zero-order chi connectivity index (χ0) is 22.7. The first-order valence-corrected chi connectivity index (χ1v) is 10.5. The molecule has 166 valence electrons. The molecule has 2 aromatic carbocycles. The highest BCUT2D eigenvalue weighted by molar-refractivity contribution is 6.05. The Morgan fingerprint density at radius 3 is 2.34 bits per heavy atom. The second-order valence-electron chi connectivity index (χ2n) is 7.59. The summed E-state index contributed by atoms with van der Waals surface area (Å²) in [5.74, 6) is 0.878. The van der Waals surface area contributed by atoms with E-state index in [-0.39, 0.29) is 5.78 Å². The Hall–Kier alpha value is -3.61. The number of ketones is 1. The van der Waals surface area contributed by atoms with Crippen molar-refractivity contribution in [2.45, 2.75) is 31.8 Å². The molecule has 0 N–H and O–H groups in total. The molecule has 0 saturated heterocycles.